The number of carbonyl (C=O) groups excluding carboxylic acids is 1. The molecule has 0 N–H and O–H groups in total. The molecule has 166 valence electrons. The van der Waals surface area contributed by atoms with Crippen LogP contribution in [0.5, 0.6) is 5.75 Å². The maximum Gasteiger partial charge on any atom is 0.289 e. The van der Waals surface area contributed by atoms with Gasteiger partial charge in [-0.3, -0.25) is 4.79 Å². The molecule has 1 aliphatic heterocycles. The minimum atomic E-state index is -0.567. The number of aromatic nitrogens is 3. The molecule has 1 amide bonds. The van der Waals surface area contributed by atoms with Gasteiger partial charge < -0.3 is 14.4 Å². The second-order valence-corrected chi connectivity index (χ2v) is 8.33. The van der Waals surface area contributed by atoms with Crippen LogP contribution in [0.15, 0.2) is 54.6 Å². The summed E-state index contributed by atoms with van der Waals surface area (Å²) in [6.07, 6.45) is 3.33. The van der Waals surface area contributed by atoms with Crippen molar-refractivity contribution in [3.63, 3.8) is 0 Å². The Morgan fingerprint density at radius 1 is 1.22 bits per heavy atom. The van der Waals surface area contributed by atoms with Crippen molar-refractivity contribution in [1.29, 1.82) is 0 Å². The number of amides is 1. The van der Waals surface area contributed by atoms with E-state index in [4.69, 9.17) is 9.47 Å². The molecule has 1 aliphatic rings. The van der Waals surface area contributed by atoms with E-state index >= 15 is 0 Å². The SMILES string of the molecule is COc1cc(/C=C2/OC(C)(C)CN(Cc3ccc(F)cc3)C2=O)ccc1-n1cnc(C)n1. The molecule has 2 heterocycles. The van der Waals surface area contributed by atoms with Gasteiger partial charge in [0.05, 0.1) is 13.7 Å². The zero-order valence-electron chi connectivity index (χ0n) is 18.5. The summed E-state index contributed by atoms with van der Waals surface area (Å²) in [5.74, 6) is 0.970. The molecule has 3 aromatic rings. The number of aryl methyl sites for hydroxylation is 1. The number of hydrogen-bond donors (Lipinski definition) is 0. The van der Waals surface area contributed by atoms with Gasteiger partial charge in [-0.15, -0.1) is 0 Å². The Morgan fingerprint density at radius 3 is 2.62 bits per heavy atom. The summed E-state index contributed by atoms with van der Waals surface area (Å²) in [5.41, 5.74) is 1.78. The van der Waals surface area contributed by atoms with E-state index in [1.807, 2.05) is 39.0 Å². The van der Waals surface area contributed by atoms with Crippen molar-refractivity contribution in [2.75, 3.05) is 13.7 Å². The molecule has 0 bridgehead atoms. The molecule has 0 saturated carbocycles. The highest BCUT2D eigenvalue weighted by atomic mass is 19.1. The van der Waals surface area contributed by atoms with Crippen LogP contribution in [0.4, 0.5) is 4.39 Å². The third kappa shape index (κ3) is 4.64. The number of methoxy groups -OCH3 is 1. The molecule has 1 aromatic heterocycles. The van der Waals surface area contributed by atoms with Crippen LogP contribution in [0.3, 0.4) is 0 Å². The van der Waals surface area contributed by atoms with Gasteiger partial charge in [0, 0.05) is 6.54 Å². The third-order valence-electron chi connectivity index (χ3n) is 5.10. The maximum absolute atomic E-state index is 13.2. The number of morpholine rings is 1. The van der Waals surface area contributed by atoms with E-state index in [9.17, 15) is 9.18 Å². The maximum atomic E-state index is 13.2. The lowest BCUT2D eigenvalue weighted by molar-refractivity contribution is -0.146. The Kier molecular flexibility index (Phi) is 5.69. The molecule has 2 aromatic carbocycles. The summed E-state index contributed by atoms with van der Waals surface area (Å²) in [6.45, 7) is 6.47. The summed E-state index contributed by atoms with van der Waals surface area (Å²) < 4.78 is 26.4. The van der Waals surface area contributed by atoms with Gasteiger partial charge in [-0.2, -0.15) is 5.10 Å². The summed E-state index contributed by atoms with van der Waals surface area (Å²) >= 11 is 0. The molecule has 0 radical (unpaired) electrons. The number of carbonyl (C=O) groups is 1. The minimum Gasteiger partial charge on any atom is -0.494 e. The van der Waals surface area contributed by atoms with Gasteiger partial charge in [0.1, 0.15) is 35.0 Å². The van der Waals surface area contributed by atoms with E-state index in [-0.39, 0.29) is 17.5 Å². The summed E-state index contributed by atoms with van der Waals surface area (Å²) in [6, 6.07) is 11.7. The summed E-state index contributed by atoms with van der Waals surface area (Å²) in [7, 11) is 1.58. The predicted molar refractivity (Wildman–Crippen MR) is 118 cm³/mol. The van der Waals surface area contributed by atoms with Gasteiger partial charge in [0.25, 0.3) is 5.91 Å². The second kappa shape index (κ2) is 8.45. The molecule has 0 spiro atoms. The van der Waals surface area contributed by atoms with Crippen molar-refractivity contribution in [3.8, 4) is 11.4 Å². The van der Waals surface area contributed by atoms with Crippen molar-refractivity contribution in [2.45, 2.75) is 32.9 Å². The largest absolute Gasteiger partial charge is 0.494 e. The van der Waals surface area contributed by atoms with Crippen LogP contribution in [-0.2, 0) is 16.1 Å². The standard InChI is InChI=1S/C24H25FN4O3/c1-16-26-15-29(27-16)20-10-7-18(11-21(20)31-4)12-22-23(30)28(14-24(2,3)32-22)13-17-5-8-19(25)9-6-17/h5-12,15H,13-14H2,1-4H3/b22-12+. The average Bonchev–Trinajstić information content (AvgIpc) is 3.18. The lowest BCUT2D eigenvalue weighted by Crippen LogP contribution is -2.49. The zero-order chi connectivity index (χ0) is 22.9. The minimum absolute atomic E-state index is 0.219. The molecule has 8 heteroatoms. The van der Waals surface area contributed by atoms with Crippen LogP contribution in [0.1, 0.15) is 30.8 Å². The van der Waals surface area contributed by atoms with Crippen LogP contribution in [0, 0.1) is 12.7 Å². The van der Waals surface area contributed by atoms with E-state index in [1.165, 1.54) is 12.1 Å². The van der Waals surface area contributed by atoms with E-state index in [1.54, 1.807) is 41.2 Å². The Bertz CT molecular complexity index is 1170. The molecule has 7 nitrogen and oxygen atoms in total. The first-order chi connectivity index (χ1) is 15.2. The van der Waals surface area contributed by atoms with Gasteiger partial charge in [0.2, 0.25) is 0 Å². The van der Waals surface area contributed by atoms with Crippen molar-refractivity contribution < 1.29 is 18.7 Å². The van der Waals surface area contributed by atoms with E-state index in [0.29, 0.717) is 24.7 Å². The average molecular weight is 436 g/mol. The van der Waals surface area contributed by atoms with Crippen molar-refractivity contribution in [1.82, 2.24) is 19.7 Å². The predicted octanol–water partition coefficient (Wildman–Crippen LogP) is 3.90. The van der Waals surface area contributed by atoms with Gasteiger partial charge in [0.15, 0.2) is 5.76 Å². The van der Waals surface area contributed by atoms with Crippen LogP contribution in [-0.4, -0.2) is 44.8 Å². The Balaban J connectivity index is 1.62. The van der Waals surface area contributed by atoms with Gasteiger partial charge in [-0.1, -0.05) is 18.2 Å². The number of ether oxygens (including phenoxy) is 2. The fourth-order valence-corrected chi connectivity index (χ4v) is 3.68. The third-order valence-corrected chi connectivity index (χ3v) is 5.10. The van der Waals surface area contributed by atoms with Crippen LogP contribution in [0.2, 0.25) is 0 Å². The number of halogens is 1. The molecule has 0 atom stereocenters. The topological polar surface area (TPSA) is 69.5 Å². The second-order valence-electron chi connectivity index (χ2n) is 8.33. The molecule has 32 heavy (non-hydrogen) atoms. The lowest BCUT2D eigenvalue weighted by Gasteiger charge is -2.39. The van der Waals surface area contributed by atoms with Crippen molar-refractivity contribution >= 4 is 12.0 Å². The van der Waals surface area contributed by atoms with Gasteiger partial charge in [-0.05, 0) is 62.2 Å². The number of rotatable bonds is 5. The van der Waals surface area contributed by atoms with Crippen LogP contribution < -0.4 is 4.74 Å². The molecule has 1 saturated heterocycles. The van der Waals surface area contributed by atoms with Crippen molar-refractivity contribution in [2.24, 2.45) is 0 Å². The number of benzene rings is 2. The summed E-state index contributed by atoms with van der Waals surface area (Å²) in [5, 5.41) is 4.32. The highest BCUT2D eigenvalue weighted by Gasteiger charge is 2.36. The van der Waals surface area contributed by atoms with Gasteiger partial charge >= 0.3 is 0 Å². The molecule has 0 aliphatic carbocycles. The van der Waals surface area contributed by atoms with Crippen LogP contribution in [0.25, 0.3) is 11.8 Å². The molecule has 0 unspecified atom stereocenters. The zero-order valence-corrected chi connectivity index (χ0v) is 18.5. The van der Waals surface area contributed by atoms with Crippen LogP contribution >= 0.6 is 0 Å². The van der Waals surface area contributed by atoms with Gasteiger partial charge in [-0.25, -0.2) is 14.1 Å². The highest BCUT2D eigenvalue weighted by Crippen LogP contribution is 2.29. The first-order valence-electron chi connectivity index (χ1n) is 10.3. The Labute approximate surface area is 186 Å². The van der Waals surface area contributed by atoms with Crippen molar-refractivity contribution in [3.05, 3.63) is 77.3 Å². The molecule has 4 rings (SSSR count). The fraction of sp³-hybridized carbons (Fsp3) is 0.292. The monoisotopic (exact) mass is 436 g/mol. The highest BCUT2D eigenvalue weighted by molar-refractivity contribution is 5.96. The van der Waals surface area contributed by atoms with E-state index in [0.717, 1.165) is 16.8 Å². The smallest absolute Gasteiger partial charge is 0.289 e. The lowest BCUT2D eigenvalue weighted by atomic mass is 10.0. The number of nitrogens with zero attached hydrogens (tertiary/aromatic N) is 4. The first kappa shape index (κ1) is 21.5. The molecule has 1 fully saturated rings. The summed E-state index contributed by atoms with van der Waals surface area (Å²) in [4.78, 5) is 19.0. The Morgan fingerprint density at radius 2 is 1.97 bits per heavy atom. The molecular weight excluding hydrogens is 411 g/mol. The first-order valence-corrected chi connectivity index (χ1v) is 10.3. The normalized spacial score (nSPS) is 16.8. The quantitative estimate of drug-likeness (QED) is 0.568. The van der Waals surface area contributed by atoms with E-state index < -0.39 is 5.60 Å². The number of hydrogen-bond acceptors (Lipinski definition) is 5. The van der Waals surface area contributed by atoms with E-state index in [2.05, 4.69) is 10.1 Å². The Hall–Kier alpha value is -3.68. The molecular formula is C24H25FN4O3. The fourth-order valence-electron chi connectivity index (χ4n) is 3.68.